The molecule has 0 heterocycles. The molecule has 1 aromatic carbocycles. The van der Waals surface area contributed by atoms with E-state index in [1.807, 2.05) is 0 Å². The molecule has 1 unspecified atom stereocenters. The van der Waals surface area contributed by atoms with E-state index in [9.17, 15) is 13.6 Å². The van der Waals surface area contributed by atoms with Gasteiger partial charge in [-0.2, -0.15) is 0 Å². The number of carbonyl (C=O) groups is 1. The van der Waals surface area contributed by atoms with Crippen LogP contribution in [-0.2, 0) is 4.74 Å². The number of ether oxygens (including phenoxy) is 1. The van der Waals surface area contributed by atoms with Crippen molar-refractivity contribution in [3.8, 4) is 0 Å². The number of rotatable bonds is 4. The van der Waals surface area contributed by atoms with Gasteiger partial charge in [0.05, 0.1) is 11.7 Å². The third-order valence-electron chi connectivity index (χ3n) is 2.12. The first-order valence-electron chi connectivity index (χ1n) is 4.56. The predicted octanol–water partition coefficient (Wildman–Crippen LogP) is 2.57. The summed E-state index contributed by atoms with van der Waals surface area (Å²) in [5, 5.41) is 0. The van der Waals surface area contributed by atoms with Crippen molar-refractivity contribution in [2.24, 2.45) is 0 Å². The molecule has 1 aromatic rings. The summed E-state index contributed by atoms with van der Waals surface area (Å²) in [6.07, 6.45) is -0.384. The number of hydrogen-bond acceptors (Lipinski definition) is 2. The van der Waals surface area contributed by atoms with Crippen LogP contribution in [0.2, 0.25) is 0 Å². The molecule has 0 aliphatic carbocycles. The first kappa shape index (κ1) is 11.8. The third-order valence-corrected chi connectivity index (χ3v) is 2.12. The van der Waals surface area contributed by atoms with Crippen LogP contribution in [0.5, 0.6) is 0 Å². The SMILES string of the molecule is COC(C)CC(=O)c1c(F)cccc1F. The van der Waals surface area contributed by atoms with E-state index in [0.717, 1.165) is 12.1 Å². The van der Waals surface area contributed by atoms with Gasteiger partial charge in [0, 0.05) is 13.5 Å². The van der Waals surface area contributed by atoms with Crippen LogP contribution in [0.3, 0.4) is 0 Å². The number of halogens is 2. The molecule has 1 rings (SSSR count). The molecular formula is C11H12F2O2. The van der Waals surface area contributed by atoms with Gasteiger partial charge >= 0.3 is 0 Å². The first-order chi connectivity index (χ1) is 7.06. The molecule has 0 radical (unpaired) electrons. The number of Topliss-reactive ketones (excluding diaryl/α,β-unsaturated/α-hetero) is 1. The molecule has 0 aromatic heterocycles. The van der Waals surface area contributed by atoms with Crippen LogP contribution in [-0.4, -0.2) is 19.0 Å². The molecule has 0 aliphatic rings. The standard InChI is InChI=1S/C11H12F2O2/c1-7(15-2)6-10(14)11-8(12)4-3-5-9(11)13/h3-5,7H,6H2,1-2H3. The highest BCUT2D eigenvalue weighted by molar-refractivity contribution is 5.96. The van der Waals surface area contributed by atoms with Gasteiger partial charge in [-0.05, 0) is 19.1 Å². The number of benzene rings is 1. The van der Waals surface area contributed by atoms with Crippen LogP contribution >= 0.6 is 0 Å². The Balaban J connectivity index is 2.91. The molecule has 0 spiro atoms. The highest BCUT2D eigenvalue weighted by atomic mass is 19.1. The van der Waals surface area contributed by atoms with Gasteiger partial charge in [-0.15, -0.1) is 0 Å². The Morgan fingerprint density at radius 2 is 1.93 bits per heavy atom. The van der Waals surface area contributed by atoms with Crippen LogP contribution in [0, 0.1) is 11.6 Å². The maximum Gasteiger partial charge on any atom is 0.171 e. The van der Waals surface area contributed by atoms with Crippen molar-refractivity contribution in [2.45, 2.75) is 19.4 Å². The fourth-order valence-electron chi connectivity index (χ4n) is 1.21. The monoisotopic (exact) mass is 214 g/mol. The topological polar surface area (TPSA) is 26.3 Å². The molecule has 0 amide bonds. The van der Waals surface area contributed by atoms with Gasteiger partial charge in [0.25, 0.3) is 0 Å². The van der Waals surface area contributed by atoms with Gasteiger partial charge in [0.2, 0.25) is 0 Å². The maximum atomic E-state index is 13.2. The summed E-state index contributed by atoms with van der Waals surface area (Å²) in [6, 6.07) is 3.35. The second kappa shape index (κ2) is 4.98. The van der Waals surface area contributed by atoms with E-state index in [1.165, 1.54) is 13.2 Å². The zero-order chi connectivity index (χ0) is 11.4. The lowest BCUT2D eigenvalue weighted by Crippen LogP contribution is -2.14. The van der Waals surface area contributed by atoms with E-state index in [-0.39, 0.29) is 12.5 Å². The lowest BCUT2D eigenvalue weighted by Gasteiger charge is -2.09. The van der Waals surface area contributed by atoms with Gasteiger partial charge in [-0.1, -0.05) is 6.07 Å². The number of ketones is 1. The van der Waals surface area contributed by atoms with Gasteiger partial charge in [0.1, 0.15) is 11.6 Å². The van der Waals surface area contributed by atoms with Gasteiger partial charge < -0.3 is 4.74 Å². The molecule has 0 bridgehead atoms. The average molecular weight is 214 g/mol. The summed E-state index contributed by atoms with van der Waals surface area (Å²) in [5.74, 6) is -2.24. The van der Waals surface area contributed by atoms with E-state index in [0.29, 0.717) is 0 Å². The van der Waals surface area contributed by atoms with E-state index in [4.69, 9.17) is 4.74 Å². The molecule has 15 heavy (non-hydrogen) atoms. The minimum atomic E-state index is -0.830. The highest BCUT2D eigenvalue weighted by Crippen LogP contribution is 2.15. The normalized spacial score (nSPS) is 12.5. The molecule has 82 valence electrons. The van der Waals surface area contributed by atoms with E-state index >= 15 is 0 Å². The summed E-state index contributed by atoms with van der Waals surface area (Å²) in [5.41, 5.74) is -0.485. The van der Waals surface area contributed by atoms with Crippen molar-refractivity contribution in [3.63, 3.8) is 0 Å². The lowest BCUT2D eigenvalue weighted by atomic mass is 10.0. The van der Waals surface area contributed by atoms with Crippen LogP contribution < -0.4 is 0 Å². The van der Waals surface area contributed by atoms with Crippen molar-refractivity contribution in [2.75, 3.05) is 7.11 Å². The predicted molar refractivity (Wildman–Crippen MR) is 51.8 cm³/mol. The summed E-state index contributed by atoms with van der Waals surface area (Å²) < 4.78 is 31.2. The molecule has 0 fully saturated rings. The minimum Gasteiger partial charge on any atom is -0.381 e. The zero-order valence-corrected chi connectivity index (χ0v) is 8.59. The highest BCUT2D eigenvalue weighted by Gasteiger charge is 2.18. The lowest BCUT2D eigenvalue weighted by molar-refractivity contribution is 0.0785. The molecule has 0 saturated carbocycles. The Morgan fingerprint density at radius 1 is 1.40 bits per heavy atom. The van der Waals surface area contributed by atoms with Crippen molar-refractivity contribution in [1.29, 1.82) is 0 Å². The summed E-state index contributed by atoms with van der Waals surface area (Å²) in [4.78, 5) is 11.5. The fourth-order valence-corrected chi connectivity index (χ4v) is 1.21. The molecule has 0 saturated heterocycles. The number of methoxy groups -OCH3 is 1. The largest absolute Gasteiger partial charge is 0.381 e. The van der Waals surface area contributed by atoms with E-state index in [1.54, 1.807) is 6.92 Å². The van der Waals surface area contributed by atoms with Gasteiger partial charge in [0.15, 0.2) is 5.78 Å². The van der Waals surface area contributed by atoms with Crippen LogP contribution in [0.1, 0.15) is 23.7 Å². The summed E-state index contributed by atoms with van der Waals surface area (Å²) in [7, 11) is 1.44. The quantitative estimate of drug-likeness (QED) is 0.720. The Hall–Kier alpha value is -1.29. The Labute approximate surface area is 86.9 Å². The zero-order valence-electron chi connectivity index (χ0n) is 8.59. The fraction of sp³-hybridized carbons (Fsp3) is 0.364. The molecule has 0 N–H and O–H groups in total. The van der Waals surface area contributed by atoms with E-state index < -0.39 is 23.0 Å². The van der Waals surface area contributed by atoms with Crippen LogP contribution in [0.15, 0.2) is 18.2 Å². The number of hydrogen-bond donors (Lipinski definition) is 0. The smallest absolute Gasteiger partial charge is 0.171 e. The second-order valence-corrected chi connectivity index (χ2v) is 3.27. The molecular weight excluding hydrogens is 202 g/mol. The summed E-state index contributed by atoms with van der Waals surface area (Å²) >= 11 is 0. The Kier molecular flexibility index (Phi) is 3.91. The van der Waals surface area contributed by atoms with Crippen molar-refractivity contribution < 1.29 is 18.3 Å². The molecule has 4 heteroatoms. The Morgan fingerprint density at radius 3 is 2.40 bits per heavy atom. The van der Waals surface area contributed by atoms with Crippen molar-refractivity contribution in [3.05, 3.63) is 35.4 Å². The second-order valence-electron chi connectivity index (χ2n) is 3.27. The first-order valence-corrected chi connectivity index (χ1v) is 4.56. The van der Waals surface area contributed by atoms with E-state index in [2.05, 4.69) is 0 Å². The van der Waals surface area contributed by atoms with Crippen molar-refractivity contribution >= 4 is 5.78 Å². The van der Waals surface area contributed by atoms with Gasteiger partial charge in [-0.25, -0.2) is 8.78 Å². The van der Waals surface area contributed by atoms with Crippen LogP contribution in [0.25, 0.3) is 0 Å². The minimum absolute atomic E-state index is 0.0334. The average Bonchev–Trinajstić information content (AvgIpc) is 2.17. The Bertz CT molecular complexity index is 343. The third kappa shape index (κ3) is 2.83. The maximum absolute atomic E-state index is 13.2. The summed E-state index contributed by atoms with van der Waals surface area (Å²) in [6.45, 7) is 1.66. The van der Waals surface area contributed by atoms with Gasteiger partial charge in [-0.3, -0.25) is 4.79 Å². The van der Waals surface area contributed by atoms with Crippen LogP contribution in [0.4, 0.5) is 8.78 Å². The molecule has 2 nitrogen and oxygen atoms in total. The molecule has 0 aliphatic heterocycles. The van der Waals surface area contributed by atoms with Crippen molar-refractivity contribution in [1.82, 2.24) is 0 Å². The number of carbonyl (C=O) groups excluding carboxylic acids is 1. The molecule has 1 atom stereocenters.